The number of ether oxygens (including phenoxy) is 3. The lowest BCUT2D eigenvalue weighted by atomic mass is 9.77. The number of amides is 1. The third kappa shape index (κ3) is 1.78. The summed E-state index contributed by atoms with van der Waals surface area (Å²) in [5.41, 5.74) is -0.631. The maximum atomic E-state index is 12.6. The van der Waals surface area contributed by atoms with Crippen LogP contribution in [0, 0.1) is 11.8 Å². The minimum absolute atomic E-state index is 0.0108. The third-order valence-corrected chi connectivity index (χ3v) is 4.43. The second-order valence-electron chi connectivity index (χ2n) is 5.53. The molecule has 2 bridgehead atoms. The summed E-state index contributed by atoms with van der Waals surface area (Å²) in [6, 6.07) is 0. The van der Waals surface area contributed by atoms with Gasteiger partial charge in [0.15, 0.2) is 0 Å². The first-order chi connectivity index (χ1) is 9.63. The number of fused-ring (bicyclic) bond motifs is 1. The molecule has 0 aromatic carbocycles. The predicted molar refractivity (Wildman–Crippen MR) is 68.8 cm³/mol. The van der Waals surface area contributed by atoms with Crippen molar-refractivity contribution < 1.29 is 23.8 Å². The smallest absolute Gasteiger partial charge is 0.312 e. The van der Waals surface area contributed by atoms with Crippen molar-refractivity contribution in [1.29, 1.82) is 0 Å². The van der Waals surface area contributed by atoms with Crippen LogP contribution in [0.2, 0.25) is 0 Å². The average Bonchev–Trinajstić information content (AvgIpc) is 3.07. The van der Waals surface area contributed by atoms with Crippen molar-refractivity contribution in [3.8, 4) is 0 Å². The van der Waals surface area contributed by atoms with Gasteiger partial charge in [0, 0.05) is 20.3 Å². The minimum atomic E-state index is -0.631. The molecule has 6 nitrogen and oxygen atoms in total. The van der Waals surface area contributed by atoms with E-state index < -0.39 is 17.4 Å². The molecule has 2 fully saturated rings. The summed E-state index contributed by atoms with van der Waals surface area (Å²) in [5.74, 6) is -1.32. The van der Waals surface area contributed by atoms with E-state index >= 15 is 0 Å². The second kappa shape index (κ2) is 4.86. The number of esters is 1. The van der Waals surface area contributed by atoms with Crippen LogP contribution in [0.4, 0.5) is 0 Å². The maximum absolute atomic E-state index is 12.6. The third-order valence-electron chi connectivity index (χ3n) is 4.43. The Bertz CT molecular complexity index is 462. The first-order valence-corrected chi connectivity index (χ1v) is 6.86. The first-order valence-electron chi connectivity index (χ1n) is 6.86. The zero-order valence-electron chi connectivity index (χ0n) is 11.7. The van der Waals surface area contributed by atoms with Crippen molar-refractivity contribution in [2.45, 2.75) is 18.1 Å². The number of hydrogen-bond acceptors (Lipinski definition) is 5. The molecule has 1 spiro atoms. The van der Waals surface area contributed by atoms with Crippen LogP contribution in [0.5, 0.6) is 0 Å². The molecule has 0 unspecified atom stereocenters. The Balaban J connectivity index is 1.79. The number of hydrogen-bond donors (Lipinski definition) is 0. The summed E-state index contributed by atoms with van der Waals surface area (Å²) in [6.45, 7) is 1.75. The highest BCUT2D eigenvalue weighted by Crippen LogP contribution is 2.52. The summed E-state index contributed by atoms with van der Waals surface area (Å²) >= 11 is 0. The molecule has 0 N–H and O–H groups in total. The van der Waals surface area contributed by atoms with Crippen LogP contribution in [0.3, 0.4) is 0 Å². The highest BCUT2D eigenvalue weighted by molar-refractivity contribution is 5.91. The number of rotatable bonds is 5. The van der Waals surface area contributed by atoms with Gasteiger partial charge in [0.1, 0.15) is 11.5 Å². The fraction of sp³-hybridized carbons (Fsp3) is 0.714. The highest BCUT2D eigenvalue weighted by Gasteiger charge is 2.67. The van der Waals surface area contributed by atoms with Crippen LogP contribution >= 0.6 is 0 Å². The lowest BCUT2D eigenvalue weighted by Gasteiger charge is -2.22. The summed E-state index contributed by atoms with van der Waals surface area (Å²) in [4.78, 5) is 26.3. The highest BCUT2D eigenvalue weighted by atomic mass is 16.5. The Morgan fingerprint density at radius 1 is 1.55 bits per heavy atom. The first kappa shape index (κ1) is 13.6. The molecule has 0 saturated carbocycles. The van der Waals surface area contributed by atoms with Crippen molar-refractivity contribution in [3.05, 3.63) is 12.2 Å². The van der Waals surface area contributed by atoms with Crippen LogP contribution in [0.1, 0.15) is 6.42 Å². The molecular formula is C14H19NO5. The Kier molecular flexibility index (Phi) is 3.30. The molecule has 1 amide bonds. The van der Waals surface area contributed by atoms with E-state index in [0.717, 1.165) is 6.42 Å². The largest absolute Gasteiger partial charge is 0.469 e. The van der Waals surface area contributed by atoms with Gasteiger partial charge in [0.2, 0.25) is 5.91 Å². The fourth-order valence-electron chi connectivity index (χ4n) is 3.57. The van der Waals surface area contributed by atoms with Crippen LogP contribution in [-0.4, -0.2) is 62.4 Å². The number of methoxy groups -OCH3 is 2. The Morgan fingerprint density at radius 2 is 2.35 bits per heavy atom. The fourth-order valence-corrected chi connectivity index (χ4v) is 3.57. The number of carbonyl (C=O) groups is 2. The quantitative estimate of drug-likeness (QED) is 0.402. The SMILES string of the molecule is COCCCN1C[C@@]23C=C[C@H](O2)[C@@H](C(=O)OC)[C@H]3C1=O. The van der Waals surface area contributed by atoms with Gasteiger partial charge in [0.05, 0.1) is 25.7 Å². The standard InChI is InChI=1S/C14H19NO5/c1-18-7-3-6-15-8-14-5-4-9(20-14)10(13(17)19-2)11(14)12(15)16/h4-5,9-11H,3,6-8H2,1-2H3/t9-,10+,11-,14+/m0/s1. The van der Waals surface area contributed by atoms with E-state index in [1.54, 1.807) is 12.0 Å². The molecule has 0 aromatic rings. The molecule has 0 aliphatic carbocycles. The van der Waals surface area contributed by atoms with Crippen molar-refractivity contribution in [1.82, 2.24) is 4.90 Å². The van der Waals surface area contributed by atoms with Crippen LogP contribution in [0.15, 0.2) is 12.2 Å². The molecule has 110 valence electrons. The normalized spacial score (nSPS) is 37.6. The minimum Gasteiger partial charge on any atom is -0.469 e. The van der Waals surface area contributed by atoms with E-state index in [9.17, 15) is 9.59 Å². The molecule has 3 aliphatic heterocycles. The predicted octanol–water partition coefficient (Wildman–Crippen LogP) is -0.0221. The van der Waals surface area contributed by atoms with Gasteiger partial charge >= 0.3 is 5.97 Å². The van der Waals surface area contributed by atoms with Gasteiger partial charge in [-0.1, -0.05) is 12.2 Å². The zero-order chi connectivity index (χ0) is 14.3. The summed E-state index contributed by atoms with van der Waals surface area (Å²) in [5, 5.41) is 0. The van der Waals surface area contributed by atoms with Gasteiger partial charge in [-0.15, -0.1) is 0 Å². The van der Waals surface area contributed by atoms with E-state index in [1.807, 2.05) is 12.2 Å². The molecule has 3 heterocycles. The van der Waals surface area contributed by atoms with E-state index in [-0.39, 0.29) is 18.0 Å². The average molecular weight is 281 g/mol. The molecule has 6 heteroatoms. The van der Waals surface area contributed by atoms with Crippen LogP contribution in [0.25, 0.3) is 0 Å². The summed E-state index contributed by atoms with van der Waals surface area (Å²) in [6.07, 6.45) is 4.28. The van der Waals surface area contributed by atoms with E-state index in [4.69, 9.17) is 14.2 Å². The van der Waals surface area contributed by atoms with E-state index in [0.29, 0.717) is 19.7 Å². The number of likely N-dealkylation sites (tertiary alicyclic amines) is 1. The Labute approximate surface area is 117 Å². The van der Waals surface area contributed by atoms with Crippen molar-refractivity contribution in [2.75, 3.05) is 33.9 Å². The van der Waals surface area contributed by atoms with Gasteiger partial charge in [-0.25, -0.2) is 0 Å². The van der Waals surface area contributed by atoms with Crippen molar-refractivity contribution in [3.63, 3.8) is 0 Å². The van der Waals surface area contributed by atoms with Gasteiger partial charge in [-0.2, -0.15) is 0 Å². The van der Waals surface area contributed by atoms with Gasteiger partial charge < -0.3 is 19.1 Å². The van der Waals surface area contributed by atoms with Crippen LogP contribution < -0.4 is 0 Å². The summed E-state index contributed by atoms with van der Waals surface area (Å²) < 4.78 is 15.8. The van der Waals surface area contributed by atoms with E-state index in [1.165, 1.54) is 7.11 Å². The second-order valence-corrected chi connectivity index (χ2v) is 5.53. The van der Waals surface area contributed by atoms with Crippen molar-refractivity contribution >= 4 is 11.9 Å². The zero-order valence-corrected chi connectivity index (χ0v) is 11.7. The molecule has 4 atom stereocenters. The molecule has 0 radical (unpaired) electrons. The Hall–Kier alpha value is -1.40. The van der Waals surface area contributed by atoms with E-state index in [2.05, 4.69) is 0 Å². The van der Waals surface area contributed by atoms with Gasteiger partial charge in [-0.3, -0.25) is 9.59 Å². The van der Waals surface area contributed by atoms with Gasteiger partial charge in [-0.05, 0) is 6.42 Å². The monoisotopic (exact) mass is 281 g/mol. The van der Waals surface area contributed by atoms with Crippen molar-refractivity contribution in [2.24, 2.45) is 11.8 Å². The number of nitrogens with zero attached hydrogens (tertiary/aromatic N) is 1. The molecule has 20 heavy (non-hydrogen) atoms. The molecule has 3 aliphatic rings. The van der Waals surface area contributed by atoms with Crippen LogP contribution in [-0.2, 0) is 23.8 Å². The molecular weight excluding hydrogens is 262 g/mol. The molecule has 0 aromatic heterocycles. The molecule has 2 saturated heterocycles. The lowest BCUT2D eigenvalue weighted by Crippen LogP contribution is -2.39. The Morgan fingerprint density at radius 3 is 3.05 bits per heavy atom. The number of carbonyl (C=O) groups excluding carboxylic acids is 2. The van der Waals surface area contributed by atoms with Gasteiger partial charge in [0.25, 0.3) is 0 Å². The summed E-state index contributed by atoms with van der Waals surface area (Å²) in [7, 11) is 2.99. The lowest BCUT2D eigenvalue weighted by molar-refractivity contribution is -0.151. The molecule has 3 rings (SSSR count). The topological polar surface area (TPSA) is 65.1 Å². The maximum Gasteiger partial charge on any atom is 0.312 e.